The minimum atomic E-state index is -4.16. The maximum Gasteiger partial charge on any atom is 0.283 e. The van der Waals surface area contributed by atoms with E-state index >= 15 is 0 Å². The molecule has 1 N–H and O–H groups in total. The number of nitrogens with one attached hydrogen (secondary N) is 1. The molecule has 177 valence electrons. The van der Waals surface area contributed by atoms with Gasteiger partial charge in [-0.1, -0.05) is 13.8 Å². The topological polar surface area (TPSA) is 103 Å². The summed E-state index contributed by atoms with van der Waals surface area (Å²) in [4.78, 5) is 16.9. The third-order valence-electron chi connectivity index (χ3n) is 5.10. The normalized spacial score (nSPS) is 11.4. The molecular weight excluding hydrogens is 486 g/mol. The molecule has 1 radical (unpaired) electrons. The Kier molecular flexibility index (Phi) is 9.98. The molecule has 3 aromatic rings. The zero-order chi connectivity index (χ0) is 24.3. The largest absolute Gasteiger partial charge is 0.481 e. The van der Waals surface area contributed by atoms with Gasteiger partial charge in [-0.2, -0.15) is 13.5 Å². The number of benzene rings is 1. The number of carbonyl (C=O) groups is 1. The Hall–Kier alpha value is -1.63. The first-order valence-corrected chi connectivity index (χ1v) is 11.9. The van der Waals surface area contributed by atoms with Crippen molar-refractivity contribution in [3.63, 3.8) is 0 Å². The molecule has 0 unspecified atom stereocenters. The number of pyridine rings is 1. The van der Waals surface area contributed by atoms with Gasteiger partial charge >= 0.3 is 0 Å². The molecule has 0 saturated heterocycles. The number of methoxy groups -OCH3 is 1. The minimum Gasteiger partial charge on any atom is -0.481 e. The van der Waals surface area contributed by atoms with Crippen LogP contribution in [0.2, 0.25) is 0 Å². The van der Waals surface area contributed by atoms with E-state index in [9.17, 15) is 17.6 Å². The summed E-state index contributed by atoms with van der Waals surface area (Å²) in [5.41, 5.74) is 2.21. The van der Waals surface area contributed by atoms with Gasteiger partial charge in [-0.25, -0.2) is 14.1 Å². The van der Waals surface area contributed by atoms with Crippen molar-refractivity contribution in [3.8, 4) is 17.0 Å². The summed E-state index contributed by atoms with van der Waals surface area (Å²) in [5, 5.41) is 3.78. The summed E-state index contributed by atoms with van der Waals surface area (Å²) in [6.07, 6.45) is 2.79. The minimum absolute atomic E-state index is 0. The van der Waals surface area contributed by atoms with Gasteiger partial charge < -0.3 is 4.74 Å². The molecule has 0 aliphatic carbocycles. The van der Waals surface area contributed by atoms with Crippen molar-refractivity contribution in [1.82, 2.24) is 19.5 Å². The molecule has 0 aliphatic heterocycles. The molecule has 0 bridgehead atoms. The Balaban J connectivity index is 0.00000408. The number of ether oxygens (including phenoxy) is 1. The van der Waals surface area contributed by atoms with Gasteiger partial charge in [0.2, 0.25) is 11.8 Å². The van der Waals surface area contributed by atoms with Crippen LogP contribution in [0.3, 0.4) is 0 Å². The molecule has 11 heteroatoms. The molecule has 2 aromatic heterocycles. The van der Waals surface area contributed by atoms with E-state index in [0.29, 0.717) is 28.1 Å². The van der Waals surface area contributed by atoms with Crippen molar-refractivity contribution in [3.05, 3.63) is 59.7 Å². The first kappa shape index (κ1) is 28.6. The average Bonchev–Trinajstić information content (AvgIpc) is 3.26. The molecule has 0 spiro atoms. The Morgan fingerprint density at radius 1 is 1.18 bits per heavy atom. The van der Waals surface area contributed by atoms with E-state index in [2.05, 4.69) is 14.8 Å². The predicted octanol–water partition coefficient (Wildman–Crippen LogP) is 3.46. The third kappa shape index (κ3) is 6.73. The van der Waals surface area contributed by atoms with Crippen LogP contribution >= 0.6 is 0 Å². The number of rotatable bonds is 8. The Morgan fingerprint density at radius 2 is 1.88 bits per heavy atom. The molecule has 2 heterocycles. The van der Waals surface area contributed by atoms with Crippen LogP contribution in [0.1, 0.15) is 50.8 Å². The zero-order valence-corrected chi connectivity index (χ0v) is 24.1. The van der Waals surface area contributed by atoms with Gasteiger partial charge in [0.15, 0.2) is 5.03 Å². The van der Waals surface area contributed by atoms with Gasteiger partial charge in [-0.05, 0) is 66.3 Å². The van der Waals surface area contributed by atoms with Crippen LogP contribution in [-0.4, -0.2) is 87.6 Å². The number of halogens is 1. The van der Waals surface area contributed by atoms with Crippen LogP contribution in [0.25, 0.3) is 11.1 Å². The predicted molar refractivity (Wildman–Crippen MR) is 128 cm³/mol. The first-order chi connectivity index (χ1) is 15.5. The molecule has 1 amide bonds. The number of hydrogen-bond acceptors (Lipinski definition) is 6. The van der Waals surface area contributed by atoms with Gasteiger partial charge in [0.1, 0.15) is 5.82 Å². The molecule has 34 heavy (non-hydrogen) atoms. The van der Waals surface area contributed by atoms with E-state index in [1.54, 1.807) is 12.1 Å². The van der Waals surface area contributed by atoms with Crippen LogP contribution in [0.15, 0.2) is 47.8 Å². The summed E-state index contributed by atoms with van der Waals surface area (Å²) < 4.78 is 48.6. The molecule has 3 rings (SSSR count). The van der Waals surface area contributed by atoms with Crippen LogP contribution in [0.4, 0.5) is 4.39 Å². The van der Waals surface area contributed by atoms with Gasteiger partial charge in [-0.15, -0.1) is 0 Å². The second kappa shape index (κ2) is 11.9. The van der Waals surface area contributed by atoms with E-state index < -0.39 is 21.7 Å². The molecule has 0 aliphatic rings. The number of sulfonamides is 1. The van der Waals surface area contributed by atoms with Gasteiger partial charge in [0, 0.05) is 75.9 Å². The molecule has 8 nitrogen and oxygen atoms in total. The van der Waals surface area contributed by atoms with Crippen molar-refractivity contribution in [2.45, 2.75) is 51.1 Å². The van der Waals surface area contributed by atoms with Crippen molar-refractivity contribution in [2.75, 3.05) is 7.11 Å². The maximum absolute atomic E-state index is 14.5. The fourth-order valence-electron chi connectivity index (χ4n) is 3.47. The van der Waals surface area contributed by atoms with Crippen LogP contribution in [-0.2, 0) is 21.2 Å². The van der Waals surface area contributed by atoms with E-state index in [1.165, 1.54) is 42.4 Å². The molecule has 0 saturated carbocycles. The van der Waals surface area contributed by atoms with Gasteiger partial charge in [-0.3, -0.25) is 9.48 Å². The number of hydrogen-bond donors (Lipinski definition) is 1. The second-order valence-corrected chi connectivity index (χ2v) is 9.83. The second-order valence-electron chi connectivity index (χ2n) is 8.20. The fourth-order valence-corrected chi connectivity index (χ4v) is 4.38. The van der Waals surface area contributed by atoms with E-state index in [1.807, 2.05) is 27.7 Å². The quantitative estimate of drug-likeness (QED) is 0.463. The number of carbonyl (C=O) groups excluding carboxylic acids is 1. The van der Waals surface area contributed by atoms with Crippen LogP contribution in [0.5, 0.6) is 5.88 Å². The van der Waals surface area contributed by atoms with Gasteiger partial charge in [0.25, 0.3) is 10.0 Å². The van der Waals surface area contributed by atoms with Crippen molar-refractivity contribution in [2.24, 2.45) is 0 Å². The summed E-state index contributed by atoms with van der Waals surface area (Å²) in [7, 11) is -2.69. The van der Waals surface area contributed by atoms with Crippen LogP contribution < -0.4 is 9.46 Å². The zero-order valence-electron chi connectivity index (χ0n) is 20.2. The van der Waals surface area contributed by atoms with Crippen molar-refractivity contribution >= 4 is 67.3 Å². The maximum atomic E-state index is 14.5. The Labute approximate surface area is 241 Å². The van der Waals surface area contributed by atoms with Crippen LogP contribution in [0, 0.1) is 5.82 Å². The summed E-state index contributed by atoms with van der Waals surface area (Å²) >= 11 is 0. The average molecular weight is 514 g/mol. The standard InChI is InChI=1S/C23H27FN4O4S.K/c1-14(2)18-11-17(24)12-19(16-6-8-25-22(10-16)32-5)20(18)13-21(29)27-33(30,31)23-7-9-28(26-23)15(3)4;/h6-12,14-15H,13H2,1-5H3,(H,27,29);. The van der Waals surface area contributed by atoms with Crippen molar-refractivity contribution < 1.29 is 22.3 Å². The van der Waals surface area contributed by atoms with Gasteiger partial charge in [0.05, 0.1) is 13.5 Å². The smallest absolute Gasteiger partial charge is 0.283 e. The van der Waals surface area contributed by atoms with E-state index in [4.69, 9.17) is 4.74 Å². The monoisotopic (exact) mass is 513 g/mol. The molecular formula is C23H27FKN4O4S. The number of amides is 1. The fraction of sp³-hybridized carbons (Fsp3) is 0.348. The summed E-state index contributed by atoms with van der Waals surface area (Å²) in [5.74, 6) is -0.976. The number of nitrogens with zero attached hydrogens (tertiary/aromatic N) is 3. The summed E-state index contributed by atoms with van der Waals surface area (Å²) in [6.45, 7) is 7.48. The van der Waals surface area contributed by atoms with E-state index in [-0.39, 0.29) is 74.8 Å². The van der Waals surface area contributed by atoms with Crippen molar-refractivity contribution in [1.29, 1.82) is 0 Å². The number of aromatic nitrogens is 3. The molecule has 0 fully saturated rings. The summed E-state index contributed by atoms with van der Waals surface area (Å²) in [6, 6.07) is 7.31. The molecule has 0 atom stereocenters. The Morgan fingerprint density at radius 3 is 2.47 bits per heavy atom. The Bertz CT molecular complexity index is 1280. The first-order valence-electron chi connectivity index (χ1n) is 10.5. The SMILES string of the molecule is COc1cc(-c2cc(F)cc(C(C)C)c2CC(=O)NS(=O)(=O)c2ccn(C(C)C)n2)ccn1.[K]. The van der Waals surface area contributed by atoms with E-state index in [0.717, 1.165) is 0 Å². The third-order valence-corrected chi connectivity index (χ3v) is 6.36. The molecule has 1 aromatic carbocycles.